The zero-order valence-corrected chi connectivity index (χ0v) is 21.1. The van der Waals surface area contributed by atoms with E-state index in [1.165, 1.54) is 14.2 Å². The molecule has 0 spiro atoms. The molecule has 5 aromatic rings. The Balaban J connectivity index is 1.57. The van der Waals surface area contributed by atoms with Gasteiger partial charge in [-0.25, -0.2) is 27.9 Å². The zero-order chi connectivity index (χ0) is 26.0. The lowest BCUT2D eigenvalue weighted by molar-refractivity contribution is 0.0601. The van der Waals surface area contributed by atoms with Crippen molar-refractivity contribution in [3.63, 3.8) is 0 Å². The van der Waals surface area contributed by atoms with Gasteiger partial charge in [0.05, 0.1) is 23.0 Å². The predicted octanol–water partition coefficient (Wildman–Crippen LogP) is 4.01. The summed E-state index contributed by atoms with van der Waals surface area (Å²) in [5, 5.41) is 5.01. The van der Waals surface area contributed by atoms with E-state index in [1.54, 1.807) is 30.3 Å². The van der Waals surface area contributed by atoms with Crippen molar-refractivity contribution in [2.75, 3.05) is 19.5 Å². The fraction of sp³-hybridized carbons (Fsp3) is 0.148. The van der Waals surface area contributed by atoms with Crippen LogP contribution in [-0.4, -0.2) is 43.5 Å². The number of carbonyl (C=O) groups is 1. The molecule has 0 aliphatic heterocycles. The van der Waals surface area contributed by atoms with Gasteiger partial charge in [-0.2, -0.15) is 0 Å². The van der Waals surface area contributed by atoms with Gasteiger partial charge < -0.3 is 15.0 Å². The molecule has 0 radical (unpaired) electrons. The highest BCUT2D eigenvalue weighted by Gasteiger charge is 2.17. The number of methoxy groups -OCH3 is 1. The van der Waals surface area contributed by atoms with Crippen molar-refractivity contribution in [2.24, 2.45) is 0 Å². The van der Waals surface area contributed by atoms with Gasteiger partial charge >= 0.3 is 5.97 Å². The molecule has 188 valence electrons. The van der Waals surface area contributed by atoms with Crippen molar-refractivity contribution in [3.05, 3.63) is 95.3 Å². The molecule has 0 fully saturated rings. The Bertz CT molecular complexity index is 1720. The van der Waals surface area contributed by atoms with E-state index >= 15 is 0 Å². The second kappa shape index (κ2) is 10.00. The molecular weight excluding hydrogens is 490 g/mol. The largest absolute Gasteiger partial charge is 0.465 e. The Morgan fingerprint density at radius 2 is 1.76 bits per heavy atom. The number of esters is 1. The van der Waals surface area contributed by atoms with Gasteiger partial charge in [-0.15, -0.1) is 0 Å². The molecule has 2 heterocycles. The summed E-state index contributed by atoms with van der Waals surface area (Å²) in [5.74, 6) is 0.800. The molecule has 3 N–H and O–H groups in total. The molecular formula is C27H25N5O4S. The number of nitrogens with one attached hydrogen (secondary N) is 3. The third kappa shape index (κ3) is 5.02. The minimum Gasteiger partial charge on any atom is -0.465 e. The van der Waals surface area contributed by atoms with E-state index in [0.717, 1.165) is 27.4 Å². The number of H-pyrrole nitrogens is 1. The third-order valence-corrected chi connectivity index (χ3v) is 7.47. The molecule has 10 heteroatoms. The lowest BCUT2D eigenvalue weighted by Gasteiger charge is -2.11. The first-order valence-electron chi connectivity index (χ1n) is 11.6. The first kappa shape index (κ1) is 24.4. The molecule has 5 rings (SSSR count). The molecule has 0 amide bonds. The molecule has 2 aromatic heterocycles. The van der Waals surface area contributed by atoms with Crippen LogP contribution >= 0.6 is 0 Å². The summed E-state index contributed by atoms with van der Waals surface area (Å²) in [7, 11) is -0.830. The standard InChI is InChI=1S/C27H25N5O4S/c1-28-37(34,35)20-10-6-9-18(13-20)16-29-25-24-21-12-11-19(27(33)36-2)15-22(21)30-26(24)32-23(31-25)14-17-7-4-3-5-8-17/h3-13,15,28H,14,16H2,1-2H3,(H2,29,30,31,32). The van der Waals surface area contributed by atoms with Crippen molar-refractivity contribution >= 4 is 43.7 Å². The van der Waals surface area contributed by atoms with Crippen molar-refractivity contribution in [1.29, 1.82) is 0 Å². The van der Waals surface area contributed by atoms with Crippen molar-refractivity contribution < 1.29 is 17.9 Å². The van der Waals surface area contributed by atoms with Crippen LogP contribution in [0.25, 0.3) is 21.9 Å². The van der Waals surface area contributed by atoms with Crippen LogP contribution in [0.4, 0.5) is 5.82 Å². The van der Waals surface area contributed by atoms with Gasteiger partial charge in [0, 0.05) is 23.9 Å². The molecule has 0 aliphatic rings. The zero-order valence-electron chi connectivity index (χ0n) is 20.3. The Hall–Kier alpha value is -4.28. The quantitative estimate of drug-likeness (QED) is 0.267. The van der Waals surface area contributed by atoms with Crippen LogP contribution < -0.4 is 10.0 Å². The van der Waals surface area contributed by atoms with E-state index in [4.69, 9.17) is 14.7 Å². The van der Waals surface area contributed by atoms with Crippen LogP contribution in [0.2, 0.25) is 0 Å². The molecule has 0 unspecified atom stereocenters. The number of fused-ring (bicyclic) bond motifs is 3. The van der Waals surface area contributed by atoms with Crippen molar-refractivity contribution in [2.45, 2.75) is 17.9 Å². The maximum Gasteiger partial charge on any atom is 0.337 e. The van der Waals surface area contributed by atoms with E-state index in [-0.39, 0.29) is 4.90 Å². The minimum absolute atomic E-state index is 0.189. The highest BCUT2D eigenvalue weighted by Crippen LogP contribution is 2.31. The molecule has 3 aromatic carbocycles. The topological polar surface area (TPSA) is 126 Å². The summed E-state index contributed by atoms with van der Waals surface area (Å²) in [5.41, 5.74) is 3.64. The second-order valence-electron chi connectivity index (χ2n) is 8.46. The monoisotopic (exact) mass is 515 g/mol. The number of nitrogens with zero attached hydrogens (tertiary/aromatic N) is 2. The first-order valence-corrected chi connectivity index (χ1v) is 13.1. The SMILES string of the molecule is CNS(=O)(=O)c1cccc(CNc2nc(Cc3ccccc3)nc3[nH]c4cc(C(=O)OC)ccc4c23)c1. The van der Waals surface area contributed by atoms with Crippen LogP contribution in [0.3, 0.4) is 0 Å². The number of aromatic amines is 1. The van der Waals surface area contributed by atoms with E-state index < -0.39 is 16.0 Å². The summed E-state index contributed by atoms with van der Waals surface area (Å²) in [6.07, 6.45) is 0.532. The summed E-state index contributed by atoms with van der Waals surface area (Å²) >= 11 is 0. The molecule has 0 aliphatic carbocycles. The van der Waals surface area contributed by atoms with Gasteiger partial charge in [0.25, 0.3) is 0 Å². The van der Waals surface area contributed by atoms with Gasteiger partial charge in [0.15, 0.2) is 0 Å². The molecule has 9 nitrogen and oxygen atoms in total. The average molecular weight is 516 g/mol. The Labute approximate surface area is 214 Å². The van der Waals surface area contributed by atoms with Gasteiger partial charge in [-0.05, 0) is 42.4 Å². The number of carbonyl (C=O) groups excluding carboxylic acids is 1. The number of anilines is 1. The van der Waals surface area contributed by atoms with Crippen LogP contribution in [-0.2, 0) is 27.7 Å². The smallest absolute Gasteiger partial charge is 0.337 e. The van der Waals surface area contributed by atoms with E-state index in [0.29, 0.717) is 35.8 Å². The number of ether oxygens (including phenoxy) is 1. The number of hydrogen-bond donors (Lipinski definition) is 3. The van der Waals surface area contributed by atoms with Crippen LogP contribution in [0.1, 0.15) is 27.3 Å². The van der Waals surface area contributed by atoms with Gasteiger partial charge in [0.2, 0.25) is 10.0 Å². The Morgan fingerprint density at radius 3 is 2.51 bits per heavy atom. The summed E-state index contributed by atoms with van der Waals surface area (Å²) < 4.78 is 31.7. The van der Waals surface area contributed by atoms with Gasteiger partial charge in [-0.1, -0.05) is 48.5 Å². The van der Waals surface area contributed by atoms with E-state index in [9.17, 15) is 13.2 Å². The van der Waals surface area contributed by atoms with Crippen LogP contribution in [0.15, 0.2) is 77.7 Å². The predicted molar refractivity (Wildman–Crippen MR) is 142 cm³/mol. The van der Waals surface area contributed by atoms with Crippen molar-refractivity contribution in [1.82, 2.24) is 19.7 Å². The second-order valence-corrected chi connectivity index (χ2v) is 10.3. The van der Waals surface area contributed by atoms with Crippen LogP contribution in [0, 0.1) is 0 Å². The lowest BCUT2D eigenvalue weighted by atomic mass is 10.1. The Morgan fingerprint density at radius 1 is 0.973 bits per heavy atom. The van der Waals surface area contributed by atoms with Crippen molar-refractivity contribution in [3.8, 4) is 0 Å². The summed E-state index contributed by atoms with van der Waals surface area (Å²) in [4.78, 5) is 25.1. The first-order chi connectivity index (χ1) is 17.9. The lowest BCUT2D eigenvalue weighted by Crippen LogP contribution is -2.18. The summed E-state index contributed by atoms with van der Waals surface area (Å²) in [6.45, 7) is 0.344. The minimum atomic E-state index is -3.56. The third-order valence-electron chi connectivity index (χ3n) is 6.06. The van der Waals surface area contributed by atoms with Crippen LogP contribution in [0.5, 0.6) is 0 Å². The van der Waals surface area contributed by atoms with Gasteiger partial charge in [0.1, 0.15) is 17.3 Å². The number of benzene rings is 3. The molecule has 37 heavy (non-hydrogen) atoms. The number of hydrogen-bond acceptors (Lipinski definition) is 7. The van der Waals surface area contributed by atoms with E-state index in [1.807, 2.05) is 42.5 Å². The fourth-order valence-corrected chi connectivity index (χ4v) is 5.00. The highest BCUT2D eigenvalue weighted by atomic mass is 32.2. The molecule has 0 saturated carbocycles. The maximum atomic E-state index is 12.2. The van der Waals surface area contributed by atoms with E-state index in [2.05, 4.69) is 15.0 Å². The maximum absolute atomic E-state index is 12.2. The highest BCUT2D eigenvalue weighted by molar-refractivity contribution is 7.89. The molecule has 0 atom stereocenters. The molecule has 0 saturated heterocycles. The Kier molecular flexibility index (Phi) is 6.60. The average Bonchev–Trinajstić information content (AvgIpc) is 3.29. The van der Waals surface area contributed by atoms with Gasteiger partial charge in [-0.3, -0.25) is 0 Å². The normalized spacial score (nSPS) is 11.6. The molecule has 0 bridgehead atoms. The summed E-state index contributed by atoms with van der Waals surface area (Å²) in [6, 6.07) is 21.9. The number of rotatable bonds is 8. The fourth-order valence-electron chi connectivity index (χ4n) is 4.20. The number of sulfonamides is 1. The number of aromatic nitrogens is 3.